The number of carboxylic acids is 1. The first-order valence-corrected chi connectivity index (χ1v) is 11.8. The van der Waals surface area contributed by atoms with E-state index >= 15 is 0 Å². The molecule has 2 aromatic carbocycles. The Morgan fingerprint density at radius 3 is 2.17 bits per heavy atom. The van der Waals surface area contributed by atoms with Crippen LogP contribution in [-0.4, -0.2) is 49.4 Å². The molecular weight excluding hydrogens is 404 g/mol. The molecule has 2 N–H and O–H groups in total. The molecule has 8 heteroatoms. The summed E-state index contributed by atoms with van der Waals surface area (Å²) in [6.45, 7) is 4.95. The fourth-order valence-corrected chi connectivity index (χ4v) is 4.42. The topological polar surface area (TPSA) is 104 Å². The Kier molecular flexibility index (Phi) is 8.80. The van der Waals surface area contributed by atoms with Gasteiger partial charge in [0.2, 0.25) is 15.9 Å². The Balaban J connectivity index is 2.29. The van der Waals surface area contributed by atoms with Gasteiger partial charge in [0.05, 0.1) is 11.3 Å². The van der Waals surface area contributed by atoms with Crippen LogP contribution in [0.5, 0.6) is 0 Å². The van der Waals surface area contributed by atoms with Gasteiger partial charge in [-0.2, -0.15) is 4.72 Å². The lowest BCUT2D eigenvalue weighted by atomic mass is 10.1. The molecule has 30 heavy (non-hydrogen) atoms. The summed E-state index contributed by atoms with van der Waals surface area (Å²) in [5.74, 6) is -1.73. The molecule has 0 aliphatic rings. The highest BCUT2D eigenvalue weighted by Crippen LogP contribution is 2.19. The third-order valence-electron chi connectivity index (χ3n) is 4.88. The average molecular weight is 435 g/mol. The van der Waals surface area contributed by atoms with E-state index in [0.717, 1.165) is 36.5 Å². The number of carboxylic acid groups (broad SMARTS) is 1. The zero-order chi connectivity index (χ0) is 22.1. The number of aliphatic carboxylic acids is 1. The van der Waals surface area contributed by atoms with Crippen LogP contribution in [0.15, 0.2) is 47.4 Å². The van der Waals surface area contributed by atoms with Crippen LogP contribution in [0, 0.1) is 0 Å². The maximum Gasteiger partial charge on any atom is 0.305 e. The number of amides is 1. The van der Waals surface area contributed by atoms with Crippen molar-refractivity contribution >= 4 is 32.7 Å². The van der Waals surface area contributed by atoms with Gasteiger partial charge in [0.15, 0.2) is 0 Å². The summed E-state index contributed by atoms with van der Waals surface area (Å²) in [7, 11) is -4.08. The van der Waals surface area contributed by atoms with Gasteiger partial charge >= 0.3 is 5.97 Å². The fraction of sp³-hybridized carbons (Fsp3) is 0.455. The number of hydrogen-bond acceptors (Lipinski definition) is 4. The lowest BCUT2D eigenvalue weighted by Crippen LogP contribution is -2.50. The smallest absolute Gasteiger partial charge is 0.305 e. The molecule has 164 valence electrons. The quantitative estimate of drug-likeness (QED) is 0.533. The van der Waals surface area contributed by atoms with Crippen molar-refractivity contribution < 1.29 is 23.1 Å². The SMILES string of the molecule is CCCCN(CCCC)C(=O)[C@H](CC(=O)O)NS(=O)(=O)c1ccc2ccccc2c1. The molecule has 0 radical (unpaired) electrons. The van der Waals surface area contributed by atoms with E-state index in [0.29, 0.717) is 13.1 Å². The van der Waals surface area contributed by atoms with Gasteiger partial charge in [-0.3, -0.25) is 9.59 Å². The lowest BCUT2D eigenvalue weighted by molar-refractivity contribution is -0.142. The van der Waals surface area contributed by atoms with E-state index in [1.807, 2.05) is 32.0 Å². The van der Waals surface area contributed by atoms with E-state index in [4.69, 9.17) is 0 Å². The van der Waals surface area contributed by atoms with Gasteiger partial charge in [0.25, 0.3) is 0 Å². The second kappa shape index (κ2) is 11.1. The third-order valence-corrected chi connectivity index (χ3v) is 6.35. The molecule has 0 unspecified atom stereocenters. The van der Waals surface area contributed by atoms with Crippen LogP contribution in [-0.2, 0) is 19.6 Å². The largest absolute Gasteiger partial charge is 0.481 e. The van der Waals surface area contributed by atoms with Crippen molar-refractivity contribution in [1.29, 1.82) is 0 Å². The van der Waals surface area contributed by atoms with Gasteiger partial charge in [0, 0.05) is 13.1 Å². The van der Waals surface area contributed by atoms with Gasteiger partial charge in [-0.25, -0.2) is 8.42 Å². The molecule has 2 aromatic rings. The number of fused-ring (bicyclic) bond motifs is 1. The van der Waals surface area contributed by atoms with E-state index in [-0.39, 0.29) is 4.90 Å². The predicted molar refractivity (Wildman–Crippen MR) is 117 cm³/mol. The first-order valence-electron chi connectivity index (χ1n) is 10.3. The summed E-state index contributed by atoms with van der Waals surface area (Å²) in [5.41, 5.74) is 0. The van der Waals surface area contributed by atoms with Crippen LogP contribution in [0.3, 0.4) is 0 Å². The van der Waals surface area contributed by atoms with E-state index in [2.05, 4.69) is 4.72 Å². The van der Waals surface area contributed by atoms with Crippen molar-refractivity contribution in [3.05, 3.63) is 42.5 Å². The second-order valence-corrected chi connectivity index (χ2v) is 9.03. The van der Waals surface area contributed by atoms with Gasteiger partial charge < -0.3 is 10.0 Å². The van der Waals surface area contributed by atoms with E-state index < -0.39 is 34.4 Å². The summed E-state index contributed by atoms with van der Waals surface area (Å²) < 4.78 is 28.2. The Labute approximate surface area is 178 Å². The minimum absolute atomic E-state index is 0.00180. The summed E-state index contributed by atoms with van der Waals surface area (Å²) in [6, 6.07) is 10.6. The Bertz CT molecular complexity index is 966. The van der Waals surface area contributed by atoms with E-state index in [9.17, 15) is 23.1 Å². The number of rotatable bonds is 12. The number of unbranched alkanes of at least 4 members (excludes halogenated alkanes) is 2. The normalized spacial score (nSPS) is 12.6. The monoisotopic (exact) mass is 434 g/mol. The lowest BCUT2D eigenvalue weighted by Gasteiger charge is -2.27. The Hall–Kier alpha value is -2.45. The molecule has 0 saturated carbocycles. The van der Waals surface area contributed by atoms with Crippen LogP contribution >= 0.6 is 0 Å². The summed E-state index contributed by atoms with van der Waals surface area (Å²) in [5, 5.41) is 10.9. The minimum atomic E-state index is -4.08. The molecule has 1 atom stereocenters. The van der Waals surface area contributed by atoms with Gasteiger partial charge in [0.1, 0.15) is 6.04 Å². The number of nitrogens with one attached hydrogen (secondary N) is 1. The third kappa shape index (κ3) is 6.53. The molecule has 0 aliphatic carbocycles. The number of carbonyl (C=O) groups excluding carboxylic acids is 1. The van der Waals surface area contributed by atoms with Crippen molar-refractivity contribution in [2.75, 3.05) is 13.1 Å². The standard InChI is InChI=1S/C22H30N2O5S/c1-3-5-13-24(14-6-4-2)22(27)20(16-21(25)26)23-30(28,29)19-12-11-17-9-7-8-10-18(17)15-19/h7-12,15,20,23H,3-6,13-14,16H2,1-2H3,(H,25,26)/t20-/m0/s1. The molecule has 0 spiro atoms. The van der Waals surface area contributed by atoms with Crippen molar-refractivity contribution in [3.8, 4) is 0 Å². The molecule has 0 saturated heterocycles. The van der Waals surface area contributed by atoms with E-state index in [1.165, 1.54) is 12.1 Å². The number of benzene rings is 2. The van der Waals surface area contributed by atoms with Crippen LogP contribution in [0.2, 0.25) is 0 Å². The van der Waals surface area contributed by atoms with Gasteiger partial charge in [-0.05, 0) is 35.7 Å². The summed E-state index contributed by atoms with van der Waals surface area (Å²) in [4.78, 5) is 26.0. The number of sulfonamides is 1. The first-order chi connectivity index (χ1) is 14.3. The van der Waals surface area contributed by atoms with Crippen molar-refractivity contribution in [3.63, 3.8) is 0 Å². The van der Waals surface area contributed by atoms with Crippen molar-refractivity contribution in [2.24, 2.45) is 0 Å². The van der Waals surface area contributed by atoms with Crippen molar-refractivity contribution in [1.82, 2.24) is 9.62 Å². The van der Waals surface area contributed by atoms with Crippen LogP contribution < -0.4 is 4.72 Å². The molecule has 2 rings (SSSR count). The zero-order valence-electron chi connectivity index (χ0n) is 17.5. The fourth-order valence-electron chi connectivity index (χ4n) is 3.19. The van der Waals surface area contributed by atoms with Crippen molar-refractivity contribution in [2.45, 2.75) is 56.9 Å². The molecular formula is C22H30N2O5S. The predicted octanol–water partition coefficient (Wildman–Crippen LogP) is 3.39. The van der Waals surface area contributed by atoms with Crippen LogP contribution in [0.1, 0.15) is 46.0 Å². The molecule has 0 bridgehead atoms. The molecule has 0 aliphatic heterocycles. The van der Waals surface area contributed by atoms with Crippen LogP contribution in [0.4, 0.5) is 0 Å². The maximum atomic E-state index is 13.0. The Morgan fingerprint density at radius 1 is 1.00 bits per heavy atom. The second-order valence-electron chi connectivity index (χ2n) is 7.31. The average Bonchev–Trinajstić information content (AvgIpc) is 2.72. The maximum absolute atomic E-state index is 13.0. The van der Waals surface area contributed by atoms with Crippen LogP contribution in [0.25, 0.3) is 10.8 Å². The molecule has 0 fully saturated rings. The van der Waals surface area contributed by atoms with Gasteiger partial charge in [-0.15, -0.1) is 0 Å². The summed E-state index contributed by atoms with van der Waals surface area (Å²) in [6.07, 6.45) is 2.68. The number of nitrogens with zero attached hydrogens (tertiary/aromatic N) is 1. The number of hydrogen-bond donors (Lipinski definition) is 2. The molecule has 0 aromatic heterocycles. The number of carbonyl (C=O) groups is 2. The van der Waals surface area contributed by atoms with E-state index in [1.54, 1.807) is 17.0 Å². The molecule has 0 heterocycles. The molecule has 1 amide bonds. The first kappa shape index (κ1) is 23.8. The zero-order valence-corrected chi connectivity index (χ0v) is 18.3. The minimum Gasteiger partial charge on any atom is -0.481 e. The Morgan fingerprint density at radius 2 is 1.60 bits per heavy atom. The highest BCUT2D eigenvalue weighted by atomic mass is 32.2. The highest BCUT2D eigenvalue weighted by molar-refractivity contribution is 7.89. The highest BCUT2D eigenvalue weighted by Gasteiger charge is 2.31. The molecule has 7 nitrogen and oxygen atoms in total. The summed E-state index contributed by atoms with van der Waals surface area (Å²) >= 11 is 0. The van der Waals surface area contributed by atoms with Gasteiger partial charge in [-0.1, -0.05) is 57.0 Å².